The van der Waals surface area contributed by atoms with Crippen LogP contribution < -0.4 is 0 Å². The van der Waals surface area contributed by atoms with E-state index in [1.165, 1.54) is 12.2 Å². The van der Waals surface area contributed by atoms with Gasteiger partial charge in [-0.05, 0) is 17.5 Å². The van der Waals surface area contributed by atoms with Crippen molar-refractivity contribution in [1.82, 2.24) is 5.06 Å². The van der Waals surface area contributed by atoms with Crippen molar-refractivity contribution in [3.05, 3.63) is 46.3 Å². The van der Waals surface area contributed by atoms with Crippen molar-refractivity contribution in [2.45, 2.75) is 18.4 Å². The van der Waals surface area contributed by atoms with Gasteiger partial charge in [-0.2, -0.15) is 0 Å². The van der Waals surface area contributed by atoms with Gasteiger partial charge < -0.3 is 0 Å². The first kappa shape index (κ1) is 12.4. The molecule has 1 aromatic carbocycles. The molecular formula is C12H14N4O2. The standard InChI is InChI=1S/C12H14N4O2/c1-18-16-10(8-14-15-13)7-11(12(16)17)9-5-3-2-4-6-9/h2-6,10-11H,7-8H2,1H3/t10-,11-/m0/s1. The molecular weight excluding hydrogens is 232 g/mol. The van der Waals surface area contributed by atoms with E-state index in [9.17, 15) is 4.79 Å². The molecule has 6 nitrogen and oxygen atoms in total. The highest BCUT2D eigenvalue weighted by Gasteiger charge is 2.40. The molecule has 18 heavy (non-hydrogen) atoms. The molecule has 2 rings (SSSR count). The maximum absolute atomic E-state index is 12.2. The number of carbonyl (C=O) groups excluding carboxylic acids is 1. The fraction of sp³-hybridized carbons (Fsp3) is 0.417. The normalized spacial score (nSPS) is 22.9. The predicted octanol–water partition coefficient (Wildman–Crippen LogP) is 2.24. The van der Waals surface area contributed by atoms with Gasteiger partial charge in [-0.3, -0.25) is 9.63 Å². The Labute approximate surface area is 105 Å². The second-order valence-electron chi connectivity index (χ2n) is 4.11. The molecule has 1 aliphatic heterocycles. The van der Waals surface area contributed by atoms with Crippen LogP contribution >= 0.6 is 0 Å². The van der Waals surface area contributed by atoms with E-state index in [4.69, 9.17) is 10.4 Å². The minimum Gasteiger partial charge on any atom is -0.274 e. The summed E-state index contributed by atoms with van der Waals surface area (Å²) in [5.41, 5.74) is 9.31. The van der Waals surface area contributed by atoms with E-state index in [-0.39, 0.29) is 24.4 Å². The van der Waals surface area contributed by atoms with Crippen LogP contribution in [-0.2, 0) is 9.63 Å². The van der Waals surface area contributed by atoms with Gasteiger partial charge in [0.05, 0.1) is 19.1 Å². The maximum Gasteiger partial charge on any atom is 0.253 e. The van der Waals surface area contributed by atoms with Gasteiger partial charge in [-0.15, -0.1) is 0 Å². The van der Waals surface area contributed by atoms with E-state index in [1.807, 2.05) is 30.3 Å². The highest BCUT2D eigenvalue weighted by Crippen LogP contribution is 2.33. The molecule has 0 aliphatic carbocycles. The molecule has 0 unspecified atom stereocenters. The molecule has 94 valence electrons. The Hall–Kier alpha value is -2.04. The van der Waals surface area contributed by atoms with Crippen LogP contribution in [0.4, 0.5) is 0 Å². The van der Waals surface area contributed by atoms with Crippen LogP contribution in [0.15, 0.2) is 35.4 Å². The number of amides is 1. The summed E-state index contributed by atoms with van der Waals surface area (Å²) in [6.07, 6.45) is 0.607. The number of rotatable bonds is 4. The predicted molar refractivity (Wildman–Crippen MR) is 65.5 cm³/mol. The SMILES string of the molecule is CON1C(=O)[C@H](c2ccccc2)C[C@H]1CN=[N+]=[N-]. The van der Waals surface area contributed by atoms with E-state index in [2.05, 4.69) is 10.0 Å². The maximum atomic E-state index is 12.2. The molecule has 0 N–H and O–H groups in total. The third kappa shape index (κ3) is 2.30. The average Bonchev–Trinajstić information content (AvgIpc) is 2.73. The van der Waals surface area contributed by atoms with Crippen molar-refractivity contribution in [1.29, 1.82) is 0 Å². The minimum absolute atomic E-state index is 0.0816. The monoisotopic (exact) mass is 246 g/mol. The van der Waals surface area contributed by atoms with Gasteiger partial charge in [0.15, 0.2) is 0 Å². The molecule has 1 fully saturated rings. The number of nitrogens with zero attached hydrogens (tertiary/aromatic N) is 4. The highest BCUT2D eigenvalue weighted by molar-refractivity contribution is 5.85. The third-order valence-electron chi connectivity index (χ3n) is 3.11. The van der Waals surface area contributed by atoms with Crippen LogP contribution in [0, 0.1) is 0 Å². The van der Waals surface area contributed by atoms with Gasteiger partial charge in [0, 0.05) is 11.5 Å². The van der Waals surface area contributed by atoms with E-state index < -0.39 is 0 Å². The second kappa shape index (κ2) is 5.53. The lowest BCUT2D eigenvalue weighted by Gasteiger charge is -2.19. The highest BCUT2D eigenvalue weighted by atomic mass is 16.7. The molecule has 0 spiro atoms. The van der Waals surface area contributed by atoms with Crippen LogP contribution in [0.5, 0.6) is 0 Å². The average molecular weight is 246 g/mol. The van der Waals surface area contributed by atoms with Crippen LogP contribution in [0.1, 0.15) is 17.9 Å². The van der Waals surface area contributed by atoms with E-state index in [0.717, 1.165) is 5.56 Å². The van der Waals surface area contributed by atoms with Crippen molar-refractivity contribution in [2.75, 3.05) is 13.7 Å². The zero-order chi connectivity index (χ0) is 13.0. The van der Waals surface area contributed by atoms with Gasteiger partial charge in [-0.1, -0.05) is 35.4 Å². The summed E-state index contributed by atoms with van der Waals surface area (Å²) in [5, 5.41) is 4.83. The Morgan fingerprint density at radius 1 is 1.50 bits per heavy atom. The van der Waals surface area contributed by atoms with Crippen molar-refractivity contribution < 1.29 is 9.63 Å². The van der Waals surface area contributed by atoms with Gasteiger partial charge >= 0.3 is 0 Å². The smallest absolute Gasteiger partial charge is 0.253 e. The van der Waals surface area contributed by atoms with Gasteiger partial charge in [0.25, 0.3) is 5.91 Å². The number of benzene rings is 1. The molecule has 0 bridgehead atoms. The first-order valence-electron chi connectivity index (χ1n) is 5.71. The van der Waals surface area contributed by atoms with E-state index in [0.29, 0.717) is 6.42 Å². The Morgan fingerprint density at radius 2 is 2.22 bits per heavy atom. The van der Waals surface area contributed by atoms with Crippen LogP contribution in [0.2, 0.25) is 0 Å². The Bertz CT molecular complexity index is 470. The molecule has 1 aromatic rings. The number of carbonyl (C=O) groups is 1. The quantitative estimate of drug-likeness (QED) is 0.464. The summed E-state index contributed by atoms with van der Waals surface area (Å²) >= 11 is 0. The molecule has 0 aromatic heterocycles. The minimum atomic E-state index is -0.218. The van der Waals surface area contributed by atoms with E-state index in [1.54, 1.807) is 0 Å². The molecule has 1 heterocycles. The number of hydrogen-bond donors (Lipinski definition) is 0. The first-order chi connectivity index (χ1) is 8.77. The lowest BCUT2D eigenvalue weighted by atomic mass is 9.96. The van der Waals surface area contributed by atoms with Gasteiger partial charge in [0.2, 0.25) is 0 Å². The Kier molecular flexibility index (Phi) is 3.82. The van der Waals surface area contributed by atoms with Crippen molar-refractivity contribution >= 4 is 5.91 Å². The molecule has 0 saturated carbocycles. The molecule has 1 saturated heterocycles. The van der Waals surface area contributed by atoms with Crippen molar-refractivity contribution in [2.24, 2.45) is 5.11 Å². The summed E-state index contributed by atoms with van der Waals surface area (Å²) in [5.74, 6) is -0.299. The van der Waals surface area contributed by atoms with Gasteiger partial charge in [-0.25, -0.2) is 5.06 Å². The van der Waals surface area contributed by atoms with Crippen molar-refractivity contribution in [3.8, 4) is 0 Å². The Morgan fingerprint density at radius 3 is 2.83 bits per heavy atom. The molecule has 1 amide bonds. The summed E-state index contributed by atoms with van der Waals surface area (Å²) < 4.78 is 0. The molecule has 6 heteroatoms. The first-order valence-corrected chi connectivity index (χ1v) is 5.71. The molecule has 1 aliphatic rings. The van der Waals surface area contributed by atoms with Crippen molar-refractivity contribution in [3.63, 3.8) is 0 Å². The largest absolute Gasteiger partial charge is 0.274 e. The fourth-order valence-electron chi connectivity index (χ4n) is 2.28. The lowest BCUT2D eigenvalue weighted by molar-refractivity contribution is -0.177. The van der Waals surface area contributed by atoms with E-state index >= 15 is 0 Å². The number of hydroxylamine groups is 2. The van der Waals surface area contributed by atoms with Crippen LogP contribution in [0.3, 0.4) is 0 Å². The van der Waals surface area contributed by atoms with Crippen LogP contribution in [0.25, 0.3) is 10.4 Å². The number of azide groups is 1. The molecule has 2 atom stereocenters. The Balaban J connectivity index is 2.20. The zero-order valence-electron chi connectivity index (χ0n) is 10.1. The van der Waals surface area contributed by atoms with Crippen LogP contribution in [-0.4, -0.2) is 30.7 Å². The summed E-state index contributed by atoms with van der Waals surface area (Å²) in [4.78, 5) is 20.0. The zero-order valence-corrected chi connectivity index (χ0v) is 10.1. The topological polar surface area (TPSA) is 78.3 Å². The second-order valence-corrected chi connectivity index (χ2v) is 4.11. The van der Waals surface area contributed by atoms with Gasteiger partial charge in [0.1, 0.15) is 0 Å². The fourth-order valence-corrected chi connectivity index (χ4v) is 2.28. The third-order valence-corrected chi connectivity index (χ3v) is 3.11. The summed E-state index contributed by atoms with van der Waals surface area (Å²) in [6.45, 7) is 0.236. The summed E-state index contributed by atoms with van der Waals surface area (Å²) in [7, 11) is 1.45. The lowest BCUT2D eigenvalue weighted by Crippen LogP contribution is -2.34. The number of hydrogen-bond acceptors (Lipinski definition) is 3. The summed E-state index contributed by atoms with van der Waals surface area (Å²) in [6, 6.07) is 9.37. The molecule has 0 radical (unpaired) electrons.